The molecule has 1 aromatic heterocycles. The van der Waals surface area contributed by atoms with Crippen LogP contribution in [-0.4, -0.2) is 71.3 Å². The number of rotatable bonds is 3. The summed E-state index contributed by atoms with van der Waals surface area (Å²) in [5.74, 6) is -0.0630. The van der Waals surface area contributed by atoms with E-state index in [0.717, 1.165) is 24.3 Å². The van der Waals surface area contributed by atoms with Gasteiger partial charge < -0.3 is 14.8 Å². The van der Waals surface area contributed by atoms with Crippen molar-refractivity contribution in [2.75, 3.05) is 33.7 Å². The van der Waals surface area contributed by atoms with Gasteiger partial charge in [0.05, 0.1) is 0 Å². The zero-order valence-corrected chi connectivity index (χ0v) is 14.5. The highest BCUT2D eigenvalue weighted by Crippen LogP contribution is 2.18. The van der Waals surface area contributed by atoms with Gasteiger partial charge in [-0.25, -0.2) is 0 Å². The van der Waals surface area contributed by atoms with Gasteiger partial charge in [-0.2, -0.15) is 0 Å². The van der Waals surface area contributed by atoms with E-state index in [1.165, 1.54) is 12.3 Å². The van der Waals surface area contributed by atoms with Crippen LogP contribution in [0.4, 0.5) is 0 Å². The lowest BCUT2D eigenvalue weighted by Gasteiger charge is -2.40. The molecule has 1 unspecified atom stereocenters. The maximum Gasteiger partial charge on any atom is 0.246 e. The number of hydrogen-bond donors (Lipinski definition) is 1. The standard InChI is InChI=1S/C18H24N4O2/c1-13(23)22-9-8-21(12-17(22)18(24)20(2)3)11-15-10-14-6-4-5-7-16(14)19-15/h4-7,10,17,19H,8-9,11-12H2,1-3H3. The fourth-order valence-electron chi connectivity index (χ4n) is 3.33. The van der Waals surface area contributed by atoms with Gasteiger partial charge in [-0.1, -0.05) is 18.2 Å². The molecule has 6 heteroatoms. The predicted octanol–water partition coefficient (Wildman–Crippen LogP) is 1.29. The summed E-state index contributed by atoms with van der Waals surface area (Å²) in [6.07, 6.45) is 0. The van der Waals surface area contributed by atoms with Crippen molar-refractivity contribution in [3.05, 3.63) is 36.0 Å². The van der Waals surface area contributed by atoms with Gasteiger partial charge in [-0.05, 0) is 17.5 Å². The molecule has 128 valence electrons. The van der Waals surface area contributed by atoms with Crippen LogP contribution >= 0.6 is 0 Å². The molecule has 6 nitrogen and oxygen atoms in total. The number of nitrogens with zero attached hydrogens (tertiary/aromatic N) is 3. The second-order valence-corrected chi connectivity index (χ2v) is 6.58. The summed E-state index contributed by atoms with van der Waals surface area (Å²) in [7, 11) is 3.47. The smallest absolute Gasteiger partial charge is 0.246 e. The zero-order chi connectivity index (χ0) is 17.3. The zero-order valence-electron chi connectivity index (χ0n) is 14.5. The van der Waals surface area contributed by atoms with Crippen molar-refractivity contribution >= 4 is 22.7 Å². The minimum Gasteiger partial charge on any atom is -0.357 e. The van der Waals surface area contributed by atoms with Crippen molar-refractivity contribution in [1.29, 1.82) is 0 Å². The Balaban J connectivity index is 1.75. The SMILES string of the molecule is CC(=O)N1CCN(Cc2cc3ccccc3[nH]2)CC1C(=O)N(C)C. The number of aromatic nitrogens is 1. The van der Waals surface area contributed by atoms with Gasteiger partial charge in [0.15, 0.2) is 0 Å². The fraction of sp³-hybridized carbons (Fsp3) is 0.444. The first-order valence-corrected chi connectivity index (χ1v) is 8.23. The summed E-state index contributed by atoms with van der Waals surface area (Å²) >= 11 is 0. The predicted molar refractivity (Wildman–Crippen MR) is 93.4 cm³/mol. The third-order valence-electron chi connectivity index (χ3n) is 4.57. The number of hydrogen-bond acceptors (Lipinski definition) is 3. The van der Waals surface area contributed by atoms with E-state index in [2.05, 4.69) is 28.1 Å². The quantitative estimate of drug-likeness (QED) is 0.924. The molecule has 1 atom stereocenters. The number of amides is 2. The fourth-order valence-corrected chi connectivity index (χ4v) is 3.33. The van der Waals surface area contributed by atoms with Crippen LogP contribution in [0.3, 0.4) is 0 Å². The van der Waals surface area contributed by atoms with E-state index >= 15 is 0 Å². The minimum atomic E-state index is -0.407. The topological polar surface area (TPSA) is 59.7 Å². The molecule has 2 heterocycles. The molecule has 1 fully saturated rings. The van der Waals surface area contributed by atoms with Gasteiger partial charge in [0.1, 0.15) is 6.04 Å². The molecule has 0 spiro atoms. The molecule has 0 radical (unpaired) electrons. The Hall–Kier alpha value is -2.34. The molecule has 0 aliphatic carbocycles. The van der Waals surface area contributed by atoms with Gasteiger partial charge >= 0.3 is 0 Å². The summed E-state index contributed by atoms with van der Waals surface area (Å²) < 4.78 is 0. The summed E-state index contributed by atoms with van der Waals surface area (Å²) in [5.41, 5.74) is 2.25. The Labute approximate surface area is 142 Å². The molecule has 1 aliphatic rings. The average molecular weight is 328 g/mol. The maximum absolute atomic E-state index is 12.4. The monoisotopic (exact) mass is 328 g/mol. The summed E-state index contributed by atoms with van der Waals surface area (Å²) in [4.78, 5) is 33.2. The van der Waals surface area contributed by atoms with Crippen molar-refractivity contribution < 1.29 is 9.59 Å². The van der Waals surface area contributed by atoms with Gasteiger partial charge in [-0.3, -0.25) is 14.5 Å². The van der Waals surface area contributed by atoms with E-state index in [0.29, 0.717) is 13.1 Å². The Kier molecular flexibility index (Phi) is 4.57. The highest BCUT2D eigenvalue weighted by Gasteiger charge is 2.34. The molecule has 3 rings (SSSR count). The molecule has 2 amide bonds. The van der Waals surface area contributed by atoms with Crippen LogP contribution in [0.5, 0.6) is 0 Å². The molecule has 0 bridgehead atoms. The molecule has 1 N–H and O–H groups in total. The van der Waals surface area contributed by atoms with E-state index < -0.39 is 6.04 Å². The highest BCUT2D eigenvalue weighted by atomic mass is 16.2. The molecule has 1 aromatic carbocycles. The second-order valence-electron chi connectivity index (χ2n) is 6.58. The number of carbonyl (C=O) groups excluding carboxylic acids is 2. The maximum atomic E-state index is 12.4. The van der Waals surface area contributed by atoms with E-state index in [-0.39, 0.29) is 11.8 Å². The lowest BCUT2D eigenvalue weighted by atomic mass is 10.1. The first-order valence-electron chi connectivity index (χ1n) is 8.23. The average Bonchev–Trinajstić information content (AvgIpc) is 2.95. The Morgan fingerprint density at radius 3 is 2.67 bits per heavy atom. The number of para-hydroxylation sites is 1. The molecular formula is C18H24N4O2. The molecule has 2 aromatic rings. The number of H-pyrrole nitrogens is 1. The number of aromatic amines is 1. The van der Waals surface area contributed by atoms with Crippen molar-refractivity contribution in [2.45, 2.75) is 19.5 Å². The minimum absolute atomic E-state index is 0.0217. The third-order valence-corrected chi connectivity index (χ3v) is 4.57. The first kappa shape index (κ1) is 16.5. The van der Waals surface area contributed by atoms with Crippen LogP contribution in [0.25, 0.3) is 10.9 Å². The second kappa shape index (κ2) is 6.65. The van der Waals surface area contributed by atoms with E-state index in [1.807, 2.05) is 12.1 Å². The van der Waals surface area contributed by atoms with Crippen LogP contribution in [0, 0.1) is 0 Å². The van der Waals surface area contributed by atoms with Crippen molar-refractivity contribution in [3.8, 4) is 0 Å². The van der Waals surface area contributed by atoms with E-state index in [1.54, 1.807) is 23.9 Å². The number of carbonyl (C=O) groups is 2. The van der Waals surface area contributed by atoms with Gasteiger partial charge in [0.2, 0.25) is 11.8 Å². The number of likely N-dealkylation sites (N-methyl/N-ethyl adjacent to an activating group) is 1. The normalized spacial score (nSPS) is 18.8. The van der Waals surface area contributed by atoms with Crippen LogP contribution in [0.2, 0.25) is 0 Å². The molecule has 1 saturated heterocycles. The molecule has 1 aliphatic heterocycles. The van der Waals surface area contributed by atoms with Crippen LogP contribution in [-0.2, 0) is 16.1 Å². The van der Waals surface area contributed by atoms with E-state index in [9.17, 15) is 9.59 Å². The van der Waals surface area contributed by atoms with Gasteiger partial charge in [0.25, 0.3) is 0 Å². The Morgan fingerprint density at radius 1 is 1.25 bits per heavy atom. The number of fused-ring (bicyclic) bond motifs is 1. The van der Waals surface area contributed by atoms with Gasteiger partial charge in [-0.15, -0.1) is 0 Å². The van der Waals surface area contributed by atoms with Gasteiger partial charge in [0, 0.05) is 58.4 Å². The largest absolute Gasteiger partial charge is 0.357 e. The van der Waals surface area contributed by atoms with Crippen LogP contribution in [0.1, 0.15) is 12.6 Å². The molecule has 24 heavy (non-hydrogen) atoms. The summed E-state index contributed by atoms with van der Waals surface area (Å²) in [6.45, 7) is 4.19. The highest BCUT2D eigenvalue weighted by molar-refractivity contribution is 5.87. The summed E-state index contributed by atoms with van der Waals surface area (Å²) in [6, 6.07) is 9.93. The first-order chi connectivity index (χ1) is 11.5. The number of piperazine rings is 1. The third kappa shape index (κ3) is 3.28. The molecular weight excluding hydrogens is 304 g/mol. The summed E-state index contributed by atoms with van der Waals surface area (Å²) in [5, 5.41) is 1.19. The lowest BCUT2D eigenvalue weighted by Crippen LogP contribution is -2.59. The number of nitrogens with one attached hydrogen (secondary N) is 1. The Bertz CT molecular complexity index is 719. The Morgan fingerprint density at radius 2 is 2.00 bits per heavy atom. The lowest BCUT2D eigenvalue weighted by molar-refractivity contribution is -0.146. The molecule has 0 saturated carbocycles. The van der Waals surface area contributed by atoms with Crippen LogP contribution in [0.15, 0.2) is 30.3 Å². The van der Waals surface area contributed by atoms with Crippen molar-refractivity contribution in [1.82, 2.24) is 19.7 Å². The van der Waals surface area contributed by atoms with Crippen molar-refractivity contribution in [3.63, 3.8) is 0 Å². The van der Waals surface area contributed by atoms with E-state index in [4.69, 9.17) is 0 Å². The number of benzene rings is 1. The van der Waals surface area contributed by atoms with Crippen molar-refractivity contribution in [2.24, 2.45) is 0 Å². The van der Waals surface area contributed by atoms with Crippen LogP contribution < -0.4 is 0 Å².